The fourth-order valence-electron chi connectivity index (χ4n) is 1.83. The van der Waals surface area contributed by atoms with Crippen LogP contribution in [0.15, 0.2) is 44.0 Å². The van der Waals surface area contributed by atoms with Gasteiger partial charge in [0.1, 0.15) is 0 Å². The highest BCUT2D eigenvalue weighted by atomic mass is 32.2. The van der Waals surface area contributed by atoms with Crippen LogP contribution < -0.4 is 5.14 Å². The maximum Gasteiger partial charge on any atom is 0.309 e. The van der Waals surface area contributed by atoms with Gasteiger partial charge < -0.3 is 5.11 Å². The molecule has 25 heavy (non-hydrogen) atoms. The zero-order valence-electron chi connectivity index (χ0n) is 12.3. The highest BCUT2D eigenvalue weighted by Crippen LogP contribution is 2.30. The summed E-state index contributed by atoms with van der Waals surface area (Å²) in [5, 5.41) is 27.3. The molecule has 3 rings (SSSR count). The monoisotopic (exact) mass is 398 g/mol. The molecule has 0 aliphatic carbocycles. The van der Waals surface area contributed by atoms with E-state index in [0.717, 1.165) is 0 Å². The Morgan fingerprint density at radius 2 is 2.04 bits per heavy atom. The number of benzene rings is 1. The van der Waals surface area contributed by atoms with E-state index in [-0.39, 0.29) is 11.3 Å². The van der Waals surface area contributed by atoms with Crippen molar-refractivity contribution in [3.05, 3.63) is 35.3 Å². The lowest BCUT2D eigenvalue weighted by Crippen LogP contribution is -2.12. The number of aliphatic carboxylic acids is 1. The quantitative estimate of drug-likeness (QED) is 0.605. The van der Waals surface area contributed by atoms with Gasteiger partial charge >= 0.3 is 5.97 Å². The first-order chi connectivity index (χ1) is 11.8. The third kappa shape index (κ3) is 4.19. The molecular formula is C12H10N6O4S3. The van der Waals surface area contributed by atoms with Gasteiger partial charge in [0.25, 0.3) is 0 Å². The van der Waals surface area contributed by atoms with Crippen molar-refractivity contribution >= 4 is 39.1 Å². The Kier molecular flexibility index (Phi) is 4.80. The number of primary sulfonamides is 1. The van der Waals surface area contributed by atoms with Crippen LogP contribution in [-0.4, -0.2) is 44.7 Å². The molecule has 0 aliphatic heterocycles. The van der Waals surface area contributed by atoms with Crippen molar-refractivity contribution in [2.45, 2.75) is 20.8 Å². The van der Waals surface area contributed by atoms with E-state index >= 15 is 0 Å². The standard InChI is InChI=1S/C12H10N6O4S3/c13-25(21,22)9-3-1-8(2-4-9)18-11(15-16-17-18)24-12-14-7(6-23-12)5-10(19)20/h1-4,6H,5H2,(H,19,20)(H2,13,21,22). The fraction of sp³-hybridized carbons (Fsp3) is 0.0833. The minimum atomic E-state index is -3.78. The third-order valence-corrected chi connectivity index (χ3v) is 5.75. The molecule has 0 unspecified atom stereocenters. The van der Waals surface area contributed by atoms with Crippen LogP contribution in [0.4, 0.5) is 0 Å². The minimum Gasteiger partial charge on any atom is -0.481 e. The van der Waals surface area contributed by atoms with Gasteiger partial charge in [0.15, 0.2) is 4.34 Å². The van der Waals surface area contributed by atoms with Crippen LogP contribution in [0.25, 0.3) is 5.69 Å². The maximum absolute atomic E-state index is 11.3. The summed E-state index contributed by atoms with van der Waals surface area (Å²) in [5.74, 6) is -0.957. The zero-order chi connectivity index (χ0) is 18.0. The lowest BCUT2D eigenvalue weighted by Gasteiger charge is -2.04. The van der Waals surface area contributed by atoms with Crippen LogP contribution >= 0.6 is 23.1 Å². The van der Waals surface area contributed by atoms with Crippen molar-refractivity contribution in [1.82, 2.24) is 25.2 Å². The molecule has 10 nitrogen and oxygen atoms in total. The molecule has 0 fully saturated rings. The number of hydrogen-bond donors (Lipinski definition) is 2. The van der Waals surface area contributed by atoms with Crippen LogP contribution in [-0.2, 0) is 21.2 Å². The molecule has 3 N–H and O–H groups in total. The number of carboxylic acids is 1. The molecule has 0 radical (unpaired) electrons. The molecule has 0 atom stereocenters. The second-order valence-electron chi connectivity index (χ2n) is 4.69. The van der Waals surface area contributed by atoms with Gasteiger partial charge in [-0.2, -0.15) is 4.68 Å². The Morgan fingerprint density at radius 3 is 2.68 bits per heavy atom. The summed E-state index contributed by atoms with van der Waals surface area (Å²) in [4.78, 5) is 14.9. The Bertz CT molecular complexity index is 1010. The Balaban J connectivity index is 1.83. The summed E-state index contributed by atoms with van der Waals surface area (Å²) < 4.78 is 24.6. The van der Waals surface area contributed by atoms with E-state index in [2.05, 4.69) is 20.5 Å². The van der Waals surface area contributed by atoms with Gasteiger partial charge in [-0.25, -0.2) is 18.5 Å². The van der Waals surface area contributed by atoms with E-state index in [4.69, 9.17) is 10.2 Å². The lowest BCUT2D eigenvalue weighted by molar-refractivity contribution is -0.136. The average Bonchev–Trinajstić information content (AvgIpc) is 3.16. The first kappa shape index (κ1) is 17.5. The summed E-state index contributed by atoms with van der Waals surface area (Å²) >= 11 is 2.46. The average molecular weight is 398 g/mol. The fourth-order valence-corrected chi connectivity index (χ4v) is 4.07. The largest absolute Gasteiger partial charge is 0.481 e. The number of tetrazole rings is 1. The molecule has 0 saturated heterocycles. The highest BCUT2D eigenvalue weighted by molar-refractivity contribution is 8.00. The molecular weight excluding hydrogens is 388 g/mol. The number of carboxylic acid groups (broad SMARTS) is 1. The predicted octanol–water partition coefficient (Wildman–Crippen LogP) is 0.544. The van der Waals surface area contributed by atoms with Gasteiger partial charge in [-0.05, 0) is 46.5 Å². The van der Waals surface area contributed by atoms with Gasteiger partial charge in [-0.15, -0.1) is 16.4 Å². The Morgan fingerprint density at radius 1 is 1.32 bits per heavy atom. The molecule has 2 heterocycles. The lowest BCUT2D eigenvalue weighted by atomic mass is 10.3. The van der Waals surface area contributed by atoms with Crippen molar-refractivity contribution in [2.24, 2.45) is 5.14 Å². The molecule has 0 saturated carbocycles. The molecule has 0 amide bonds. The SMILES string of the molecule is NS(=O)(=O)c1ccc(-n2nnnc2Sc2nc(CC(=O)O)cs2)cc1. The predicted molar refractivity (Wildman–Crippen MR) is 88.1 cm³/mol. The van der Waals surface area contributed by atoms with E-state index in [1.165, 1.54) is 52.0 Å². The van der Waals surface area contributed by atoms with Gasteiger partial charge in [0, 0.05) is 5.38 Å². The first-order valence-corrected chi connectivity index (χ1v) is 9.83. The zero-order valence-corrected chi connectivity index (χ0v) is 14.8. The molecule has 0 spiro atoms. The van der Waals surface area contributed by atoms with Crippen LogP contribution in [0.3, 0.4) is 0 Å². The summed E-state index contributed by atoms with van der Waals surface area (Å²) in [5.41, 5.74) is 0.999. The number of hydrogen-bond acceptors (Lipinski definition) is 9. The molecule has 2 aromatic heterocycles. The van der Waals surface area contributed by atoms with E-state index in [1.807, 2.05) is 0 Å². The molecule has 1 aromatic carbocycles. The number of aromatic nitrogens is 5. The summed E-state index contributed by atoms with van der Waals surface area (Å²) in [7, 11) is -3.78. The number of carbonyl (C=O) groups is 1. The van der Waals surface area contributed by atoms with Crippen molar-refractivity contribution in [3.63, 3.8) is 0 Å². The van der Waals surface area contributed by atoms with Crippen molar-refractivity contribution in [2.75, 3.05) is 0 Å². The van der Waals surface area contributed by atoms with E-state index < -0.39 is 16.0 Å². The highest BCUT2D eigenvalue weighted by Gasteiger charge is 2.15. The van der Waals surface area contributed by atoms with Crippen molar-refractivity contribution < 1.29 is 18.3 Å². The van der Waals surface area contributed by atoms with E-state index in [1.54, 1.807) is 5.38 Å². The van der Waals surface area contributed by atoms with E-state index in [0.29, 0.717) is 20.9 Å². The molecule has 130 valence electrons. The van der Waals surface area contributed by atoms with Crippen LogP contribution in [0, 0.1) is 0 Å². The minimum absolute atomic E-state index is 0.0169. The van der Waals surface area contributed by atoms with E-state index in [9.17, 15) is 13.2 Å². The van der Waals surface area contributed by atoms with Crippen LogP contribution in [0.1, 0.15) is 5.69 Å². The van der Waals surface area contributed by atoms with Gasteiger partial charge in [0.2, 0.25) is 15.2 Å². The van der Waals surface area contributed by atoms with Crippen LogP contribution in [0.2, 0.25) is 0 Å². The summed E-state index contributed by atoms with van der Waals surface area (Å²) in [6.45, 7) is 0. The number of rotatable bonds is 6. The second kappa shape index (κ2) is 6.87. The number of nitrogens with zero attached hydrogens (tertiary/aromatic N) is 5. The molecule has 0 bridgehead atoms. The number of sulfonamides is 1. The van der Waals surface area contributed by atoms with Crippen LogP contribution in [0.5, 0.6) is 0 Å². The van der Waals surface area contributed by atoms with Gasteiger partial charge in [-0.3, -0.25) is 4.79 Å². The smallest absolute Gasteiger partial charge is 0.309 e. The summed E-state index contributed by atoms with van der Waals surface area (Å²) in [6, 6.07) is 5.76. The summed E-state index contributed by atoms with van der Waals surface area (Å²) in [6.07, 6.45) is -0.156. The maximum atomic E-state index is 11.3. The number of nitrogens with two attached hydrogens (primary N) is 1. The Labute approximate surface area is 149 Å². The molecule has 3 aromatic rings. The number of thiazole rings is 1. The molecule has 13 heteroatoms. The second-order valence-corrected chi connectivity index (χ2v) is 8.32. The first-order valence-electron chi connectivity index (χ1n) is 6.58. The Hall–Kier alpha value is -2.35. The molecule has 0 aliphatic rings. The van der Waals surface area contributed by atoms with Gasteiger partial charge in [-0.1, -0.05) is 0 Å². The van der Waals surface area contributed by atoms with Crippen molar-refractivity contribution in [3.8, 4) is 5.69 Å². The normalized spacial score (nSPS) is 11.6. The van der Waals surface area contributed by atoms with Crippen molar-refractivity contribution in [1.29, 1.82) is 0 Å². The topological polar surface area (TPSA) is 154 Å². The third-order valence-electron chi connectivity index (χ3n) is 2.89. The van der Waals surface area contributed by atoms with Gasteiger partial charge in [0.05, 0.1) is 22.7 Å².